The van der Waals surface area contributed by atoms with Crippen molar-refractivity contribution in [2.45, 2.75) is 52.6 Å². The van der Waals surface area contributed by atoms with E-state index in [-0.39, 0.29) is 5.54 Å². The van der Waals surface area contributed by atoms with E-state index in [2.05, 4.69) is 401 Å². The van der Waals surface area contributed by atoms with Crippen molar-refractivity contribution in [3.05, 3.63) is 364 Å². The molecule has 0 N–H and O–H groups in total. The first-order valence-corrected chi connectivity index (χ1v) is 36.8. The smallest absolute Gasteiger partial charge is 0.0496 e. The largest absolute Gasteiger partial charge is 0.340 e. The van der Waals surface area contributed by atoms with Gasteiger partial charge in [0.15, 0.2) is 0 Å². The molecule has 17 aromatic carbocycles. The Morgan fingerprint density at radius 3 is 0.769 bits per heavy atom. The second-order valence-corrected chi connectivity index (χ2v) is 28.8. The molecule has 0 aliphatic heterocycles. The summed E-state index contributed by atoms with van der Waals surface area (Å²) >= 11 is 0. The Morgan fingerprint density at radius 1 is 0.202 bits per heavy atom. The number of benzene rings is 17. The quantitative estimate of drug-likeness (QED) is 0.108. The lowest BCUT2D eigenvalue weighted by molar-refractivity contribution is 0.423. The maximum absolute atomic E-state index is 2.50. The molecule has 0 aliphatic rings. The van der Waals surface area contributed by atoms with Gasteiger partial charge in [-0.25, -0.2) is 0 Å². The van der Waals surface area contributed by atoms with Gasteiger partial charge in [0.25, 0.3) is 0 Å². The van der Waals surface area contributed by atoms with Gasteiger partial charge in [-0.1, -0.05) is 341 Å². The molecule has 2 aromatic heterocycles. The number of aromatic nitrogens is 2. The van der Waals surface area contributed by atoms with E-state index in [9.17, 15) is 0 Å². The number of hydrogen-bond donors (Lipinski definition) is 0. The molecule has 0 unspecified atom stereocenters. The van der Waals surface area contributed by atoms with Crippen LogP contribution in [0.15, 0.2) is 364 Å². The summed E-state index contributed by atoms with van der Waals surface area (Å²) in [5, 5.41) is 15.5. The monoisotopic (exact) mass is 1330 g/mol. The maximum Gasteiger partial charge on any atom is 0.0496 e. The first kappa shape index (κ1) is 63.5. The first-order chi connectivity index (χ1) is 51.2. The molecular weight excluding hydrogens is 1250 g/mol. The third-order valence-corrected chi connectivity index (χ3v) is 21.5. The molecule has 0 aliphatic carbocycles. The van der Waals surface area contributed by atoms with Gasteiger partial charge in [-0.15, -0.1) is 0 Å². The average molecular weight is 1330 g/mol. The van der Waals surface area contributed by atoms with Crippen LogP contribution in [0.5, 0.6) is 0 Å². The third-order valence-electron chi connectivity index (χ3n) is 21.5. The van der Waals surface area contributed by atoms with Crippen LogP contribution in [-0.2, 0) is 12.1 Å². The molecular formula is C102H78N2. The summed E-state index contributed by atoms with van der Waals surface area (Å²) in [5.74, 6) is 0. The van der Waals surface area contributed by atoms with Crippen LogP contribution in [0.3, 0.4) is 0 Å². The Balaban J connectivity index is 0.000000149. The van der Waals surface area contributed by atoms with Gasteiger partial charge in [-0.2, -0.15) is 0 Å². The Hall–Kier alpha value is -12.6. The average Bonchev–Trinajstić information content (AvgIpc) is 1.06. The molecule has 2 heteroatoms. The van der Waals surface area contributed by atoms with Crippen LogP contribution in [0, 0.1) is 0 Å². The van der Waals surface area contributed by atoms with Gasteiger partial charge in [0.1, 0.15) is 0 Å². The number of nitrogens with zero attached hydrogens (tertiary/aromatic N) is 2. The lowest BCUT2D eigenvalue weighted by atomic mass is 9.85. The molecule has 0 atom stereocenters. The fourth-order valence-corrected chi connectivity index (χ4v) is 16.6. The van der Waals surface area contributed by atoms with Crippen molar-refractivity contribution in [2.24, 2.45) is 0 Å². The van der Waals surface area contributed by atoms with Crippen molar-refractivity contribution in [2.75, 3.05) is 0 Å². The molecule has 0 radical (unpaired) electrons. The van der Waals surface area contributed by atoms with E-state index in [0.29, 0.717) is 0 Å². The van der Waals surface area contributed by atoms with Crippen LogP contribution in [0.1, 0.15) is 40.5 Å². The maximum atomic E-state index is 2.50. The van der Waals surface area contributed by atoms with Crippen molar-refractivity contribution in [3.63, 3.8) is 0 Å². The zero-order valence-corrected chi connectivity index (χ0v) is 59.2. The fraction of sp³-hybridized carbons (Fsp3) is 0.0784. The second kappa shape index (κ2) is 26.7. The molecule has 2 heterocycles. The molecule has 104 heavy (non-hydrogen) atoms. The summed E-state index contributed by atoms with van der Waals surface area (Å²) in [7, 11) is 0. The Bertz CT molecular complexity index is 6290. The van der Waals surface area contributed by atoms with Crippen molar-refractivity contribution in [1.82, 2.24) is 9.13 Å². The minimum absolute atomic E-state index is 0.00806. The highest BCUT2D eigenvalue weighted by Gasteiger charge is 2.23. The number of aryl methyl sites for hydroxylation is 1. The van der Waals surface area contributed by atoms with Crippen LogP contribution < -0.4 is 0 Å². The first-order valence-electron chi connectivity index (χ1n) is 36.8. The van der Waals surface area contributed by atoms with E-state index in [1.54, 1.807) is 0 Å². The predicted molar refractivity (Wildman–Crippen MR) is 448 cm³/mol. The molecule has 2 nitrogen and oxygen atoms in total. The lowest BCUT2D eigenvalue weighted by Crippen LogP contribution is -2.21. The van der Waals surface area contributed by atoms with Crippen LogP contribution >= 0.6 is 0 Å². The number of fused-ring (bicyclic) bond motifs is 10. The summed E-state index contributed by atoms with van der Waals surface area (Å²) < 4.78 is 4.97. The number of unbranched alkanes of at least 4 members (excludes halogenated alkanes) is 1. The van der Waals surface area contributed by atoms with Gasteiger partial charge in [0.05, 0.1) is 0 Å². The Kier molecular flexibility index (Phi) is 16.3. The lowest BCUT2D eigenvalue weighted by Gasteiger charge is -2.24. The topological polar surface area (TPSA) is 9.86 Å². The summed E-state index contributed by atoms with van der Waals surface area (Å²) in [5.41, 5.74) is 27.6. The van der Waals surface area contributed by atoms with Gasteiger partial charge < -0.3 is 9.13 Å². The van der Waals surface area contributed by atoms with Crippen molar-refractivity contribution in [1.29, 1.82) is 0 Å². The normalized spacial score (nSPS) is 11.8. The van der Waals surface area contributed by atoms with E-state index in [1.165, 1.54) is 200 Å². The minimum Gasteiger partial charge on any atom is -0.340 e. The molecule has 0 saturated carbocycles. The van der Waals surface area contributed by atoms with Crippen LogP contribution in [0.2, 0.25) is 0 Å². The SMILES string of the molecule is CC(C)(C)n1c2ccccc2c2cc(-c3ccc(-c4ccc(-c5c6ccccc6c(-c6ccccc6)c6ccccc56)cc4)cc3)ccc21.CCCCn1c2ccccc2c2cc(-c3ccc(-c4c5ccccc5c(-c5ccc(-c6ccc(-c7ccccc7)cc6)cc5)c5ccccc45)cc3)ccc21. The van der Waals surface area contributed by atoms with Gasteiger partial charge in [-0.05, 0) is 207 Å². The molecule has 0 bridgehead atoms. The molecule has 0 fully saturated rings. The van der Waals surface area contributed by atoms with Crippen LogP contribution in [0.25, 0.3) is 187 Å². The zero-order valence-electron chi connectivity index (χ0n) is 59.2. The van der Waals surface area contributed by atoms with Crippen LogP contribution in [0.4, 0.5) is 0 Å². The number of hydrogen-bond acceptors (Lipinski definition) is 0. The van der Waals surface area contributed by atoms with Crippen LogP contribution in [-0.4, -0.2) is 9.13 Å². The standard InChI is InChI=1S/C54H41N.C48H37N/c1-2-3-35-55-51-20-12-11-15-45(51)50-36-44(33-34-52(50)55)41-27-31-43(32-28-41)54-48-18-9-7-16-46(48)53(47-17-8-10-19-49(47)54)42-29-25-40(26-30-42)39-23-21-38(22-24-39)37-13-5-4-6-14-37;1-48(2,3)49-44-20-12-11-15-38(44)43-31-37(29-30-45(43)49)34-23-21-32(22-24-34)33-25-27-36(28-26-33)47-41-18-9-7-16-39(41)46(35-13-5-4-6-14-35)40-17-8-10-19-42(40)47/h4-34,36H,2-3,35H2,1H3;4-31H,1-3H3. The molecule has 0 saturated heterocycles. The molecule has 19 aromatic rings. The van der Waals surface area contributed by atoms with E-state index in [4.69, 9.17) is 0 Å². The summed E-state index contributed by atoms with van der Waals surface area (Å²) in [6.07, 6.45) is 2.36. The number of para-hydroxylation sites is 2. The summed E-state index contributed by atoms with van der Waals surface area (Å²) in [4.78, 5) is 0. The fourth-order valence-electron chi connectivity index (χ4n) is 16.6. The predicted octanol–water partition coefficient (Wildman–Crippen LogP) is 28.8. The van der Waals surface area contributed by atoms with Crippen molar-refractivity contribution in [3.8, 4) is 100 Å². The van der Waals surface area contributed by atoms with Crippen molar-refractivity contribution >= 4 is 86.7 Å². The second-order valence-electron chi connectivity index (χ2n) is 28.8. The highest BCUT2D eigenvalue weighted by molar-refractivity contribution is 6.23. The van der Waals surface area contributed by atoms with E-state index in [0.717, 1.165) is 6.54 Å². The van der Waals surface area contributed by atoms with E-state index >= 15 is 0 Å². The summed E-state index contributed by atoms with van der Waals surface area (Å²) in [6, 6.07) is 134. The third kappa shape index (κ3) is 11.4. The molecule has 0 amide bonds. The number of rotatable bonds is 12. The van der Waals surface area contributed by atoms with E-state index < -0.39 is 0 Å². The highest BCUT2D eigenvalue weighted by atomic mass is 15.0. The summed E-state index contributed by atoms with van der Waals surface area (Å²) in [6.45, 7) is 10.2. The molecule has 496 valence electrons. The highest BCUT2D eigenvalue weighted by Crippen LogP contribution is 2.47. The molecule has 0 spiro atoms. The van der Waals surface area contributed by atoms with E-state index in [1.807, 2.05) is 0 Å². The molecule has 19 rings (SSSR count). The van der Waals surface area contributed by atoms with Gasteiger partial charge >= 0.3 is 0 Å². The Morgan fingerprint density at radius 2 is 0.423 bits per heavy atom. The Labute approximate surface area is 608 Å². The van der Waals surface area contributed by atoms with Crippen molar-refractivity contribution < 1.29 is 0 Å². The van der Waals surface area contributed by atoms with Gasteiger partial charge in [-0.3, -0.25) is 0 Å². The van der Waals surface area contributed by atoms with Gasteiger partial charge in [0.2, 0.25) is 0 Å². The minimum atomic E-state index is -0.00806. The van der Waals surface area contributed by atoms with Gasteiger partial charge in [0, 0.05) is 55.7 Å². The zero-order chi connectivity index (χ0) is 69.8.